The minimum absolute atomic E-state index is 0.0324. The van der Waals surface area contributed by atoms with Gasteiger partial charge in [0.05, 0.1) is 10.8 Å². The molecule has 0 aromatic carbocycles. The molecule has 0 spiro atoms. The normalized spacial score (nSPS) is 15.1. The summed E-state index contributed by atoms with van der Waals surface area (Å²) in [5.41, 5.74) is 1.30. The standard InChI is InChI=1S/C14H19NO3S/c1-3-15(8-9(2)14(17)18)13(16)12-7-10-5-4-6-11(10)19-12/h7,9H,3-6,8H2,1-2H3,(H,17,18). The van der Waals surface area contributed by atoms with Crippen molar-refractivity contribution < 1.29 is 14.7 Å². The van der Waals surface area contributed by atoms with Crippen LogP contribution in [-0.4, -0.2) is 35.0 Å². The van der Waals surface area contributed by atoms with E-state index >= 15 is 0 Å². The van der Waals surface area contributed by atoms with Gasteiger partial charge in [0.25, 0.3) is 5.91 Å². The van der Waals surface area contributed by atoms with E-state index in [2.05, 4.69) is 0 Å². The van der Waals surface area contributed by atoms with Crippen molar-refractivity contribution in [2.24, 2.45) is 5.92 Å². The maximum atomic E-state index is 12.4. The number of carboxylic acid groups (broad SMARTS) is 1. The minimum atomic E-state index is -0.861. The van der Waals surface area contributed by atoms with Gasteiger partial charge in [-0.1, -0.05) is 6.92 Å². The van der Waals surface area contributed by atoms with Crippen LogP contribution in [0.5, 0.6) is 0 Å². The first kappa shape index (κ1) is 14.1. The first-order valence-electron chi connectivity index (χ1n) is 6.66. The highest BCUT2D eigenvalue weighted by Gasteiger charge is 2.24. The van der Waals surface area contributed by atoms with E-state index in [9.17, 15) is 9.59 Å². The smallest absolute Gasteiger partial charge is 0.308 e. The fourth-order valence-electron chi connectivity index (χ4n) is 2.35. The number of carbonyl (C=O) groups excluding carboxylic acids is 1. The molecule has 1 aromatic heterocycles. The second kappa shape index (κ2) is 5.74. The molecule has 0 saturated heterocycles. The minimum Gasteiger partial charge on any atom is -0.481 e. The predicted molar refractivity (Wildman–Crippen MR) is 74.7 cm³/mol. The molecule has 0 saturated carbocycles. The molecule has 104 valence electrons. The number of nitrogens with zero attached hydrogens (tertiary/aromatic N) is 1. The molecule has 1 amide bonds. The van der Waals surface area contributed by atoms with Gasteiger partial charge in [-0.05, 0) is 37.8 Å². The van der Waals surface area contributed by atoms with Crippen molar-refractivity contribution in [3.63, 3.8) is 0 Å². The van der Waals surface area contributed by atoms with Crippen molar-refractivity contribution in [3.05, 3.63) is 21.4 Å². The fourth-order valence-corrected chi connectivity index (χ4v) is 3.58. The van der Waals surface area contributed by atoms with Crippen LogP contribution >= 0.6 is 11.3 Å². The summed E-state index contributed by atoms with van der Waals surface area (Å²) < 4.78 is 0. The molecule has 4 nitrogen and oxygen atoms in total. The van der Waals surface area contributed by atoms with E-state index in [4.69, 9.17) is 5.11 Å². The van der Waals surface area contributed by atoms with E-state index in [1.165, 1.54) is 16.9 Å². The van der Waals surface area contributed by atoms with Gasteiger partial charge in [-0.15, -0.1) is 11.3 Å². The highest BCUT2D eigenvalue weighted by Crippen LogP contribution is 2.31. The Bertz CT molecular complexity index is 473. The van der Waals surface area contributed by atoms with Crippen molar-refractivity contribution in [2.45, 2.75) is 33.1 Å². The zero-order chi connectivity index (χ0) is 14.0. The first-order valence-corrected chi connectivity index (χ1v) is 7.48. The Balaban J connectivity index is 2.09. The summed E-state index contributed by atoms with van der Waals surface area (Å²) in [4.78, 5) is 27.0. The molecule has 1 aliphatic rings. The van der Waals surface area contributed by atoms with Crippen molar-refractivity contribution in [1.82, 2.24) is 4.90 Å². The number of thiophene rings is 1. The van der Waals surface area contributed by atoms with Crippen molar-refractivity contribution >= 4 is 23.2 Å². The molecule has 1 unspecified atom stereocenters. The van der Waals surface area contributed by atoms with Crippen LogP contribution in [0.25, 0.3) is 0 Å². The Kier molecular flexibility index (Phi) is 4.24. The third kappa shape index (κ3) is 2.97. The number of carboxylic acids is 1. The molecule has 2 rings (SSSR count). The van der Waals surface area contributed by atoms with E-state index in [0.29, 0.717) is 6.54 Å². The topological polar surface area (TPSA) is 57.6 Å². The molecule has 0 fully saturated rings. The third-order valence-corrected chi connectivity index (χ3v) is 4.77. The fraction of sp³-hybridized carbons (Fsp3) is 0.571. The lowest BCUT2D eigenvalue weighted by Gasteiger charge is -2.22. The number of aryl methyl sites for hydroxylation is 2. The lowest BCUT2D eigenvalue weighted by Crippen LogP contribution is -2.36. The molecule has 0 aliphatic heterocycles. The quantitative estimate of drug-likeness (QED) is 0.901. The summed E-state index contributed by atoms with van der Waals surface area (Å²) in [6, 6.07) is 1.99. The van der Waals surface area contributed by atoms with E-state index in [1.54, 1.807) is 23.2 Å². The summed E-state index contributed by atoms with van der Waals surface area (Å²) in [6.07, 6.45) is 3.32. The number of aliphatic carboxylic acids is 1. The second-order valence-corrected chi connectivity index (χ2v) is 6.13. The van der Waals surface area contributed by atoms with E-state index in [1.807, 2.05) is 13.0 Å². The maximum Gasteiger partial charge on any atom is 0.308 e. The van der Waals surface area contributed by atoms with Gasteiger partial charge in [0.1, 0.15) is 0 Å². The zero-order valence-corrected chi connectivity index (χ0v) is 12.1. The summed E-state index contributed by atoms with van der Waals surface area (Å²) in [5, 5.41) is 8.94. The predicted octanol–water partition coefficient (Wildman–Crippen LogP) is 2.42. The molecular formula is C14H19NO3S. The van der Waals surface area contributed by atoms with Gasteiger partial charge in [0, 0.05) is 18.0 Å². The van der Waals surface area contributed by atoms with E-state index in [0.717, 1.165) is 17.7 Å². The van der Waals surface area contributed by atoms with E-state index < -0.39 is 11.9 Å². The monoisotopic (exact) mass is 281 g/mol. The van der Waals surface area contributed by atoms with Crippen LogP contribution in [0, 0.1) is 5.92 Å². The van der Waals surface area contributed by atoms with Gasteiger partial charge in [0.2, 0.25) is 0 Å². The number of fused-ring (bicyclic) bond motifs is 1. The molecule has 5 heteroatoms. The Morgan fingerprint density at radius 2 is 2.21 bits per heavy atom. The van der Waals surface area contributed by atoms with Crippen molar-refractivity contribution in [1.29, 1.82) is 0 Å². The molecule has 1 aliphatic carbocycles. The number of rotatable bonds is 5. The maximum absolute atomic E-state index is 12.4. The van der Waals surface area contributed by atoms with Crippen molar-refractivity contribution in [3.8, 4) is 0 Å². The van der Waals surface area contributed by atoms with E-state index in [-0.39, 0.29) is 12.5 Å². The lowest BCUT2D eigenvalue weighted by atomic mass is 10.1. The largest absolute Gasteiger partial charge is 0.481 e. The van der Waals surface area contributed by atoms with Crippen LogP contribution in [0.4, 0.5) is 0 Å². The highest BCUT2D eigenvalue weighted by molar-refractivity contribution is 7.14. The Morgan fingerprint density at radius 3 is 2.79 bits per heavy atom. The first-order chi connectivity index (χ1) is 9.02. The third-order valence-electron chi connectivity index (χ3n) is 3.54. The lowest BCUT2D eigenvalue weighted by molar-refractivity contribution is -0.141. The Labute approximate surface area is 117 Å². The number of amides is 1. The summed E-state index contributed by atoms with van der Waals surface area (Å²) >= 11 is 1.57. The van der Waals surface area contributed by atoms with Gasteiger partial charge >= 0.3 is 5.97 Å². The molecule has 19 heavy (non-hydrogen) atoms. The number of carbonyl (C=O) groups is 2. The number of hydrogen-bond acceptors (Lipinski definition) is 3. The summed E-state index contributed by atoms with van der Waals surface area (Å²) in [6.45, 7) is 4.33. The SMILES string of the molecule is CCN(CC(C)C(=O)O)C(=O)c1cc2c(s1)CCC2. The van der Waals surface area contributed by atoms with Gasteiger partial charge in [-0.2, -0.15) is 0 Å². The zero-order valence-electron chi connectivity index (χ0n) is 11.3. The number of hydrogen-bond donors (Lipinski definition) is 1. The van der Waals surface area contributed by atoms with Gasteiger partial charge in [-0.3, -0.25) is 9.59 Å². The summed E-state index contributed by atoms with van der Waals surface area (Å²) in [5.74, 6) is -1.43. The van der Waals surface area contributed by atoms with Crippen LogP contribution in [0.15, 0.2) is 6.07 Å². The molecule has 0 bridgehead atoms. The van der Waals surface area contributed by atoms with Gasteiger partial charge in [-0.25, -0.2) is 0 Å². The molecule has 1 aromatic rings. The van der Waals surface area contributed by atoms with Gasteiger partial charge < -0.3 is 10.0 Å². The average molecular weight is 281 g/mol. The van der Waals surface area contributed by atoms with Crippen LogP contribution in [0.2, 0.25) is 0 Å². The van der Waals surface area contributed by atoms with Gasteiger partial charge in [0.15, 0.2) is 0 Å². The van der Waals surface area contributed by atoms with Crippen LogP contribution in [0.1, 0.15) is 40.4 Å². The Morgan fingerprint density at radius 1 is 1.47 bits per heavy atom. The van der Waals surface area contributed by atoms with Crippen LogP contribution in [0.3, 0.4) is 0 Å². The second-order valence-electron chi connectivity index (χ2n) is 5.00. The van der Waals surface area contributed by atoms with Crippen molar-refractivity contribution in [2.75, 3.05) is 13.1 Å². The molecule has 1 N–H and O–H groups in total. The summed E-state index contributed by atoms with van der Waals surface area (Å²) in [7, 11) is 0. The molecule has 1 atom stereocenters. The average Bonchev–Trinajstić information content (AvgIpc) is 2.95. The highest BCUT2D eigenvalue weighted by atomic mass is 32.1. The van der Waals surface area contributed by atoms with Crippen LogP contribution in [-0.2, 0) is 17.6 Å². The molecular weight excluding hydrogens is 262 g/mol. The molecule has 1 heterocycles. The Hall–Kier alpha value is -1.36. The molecule has 0 radical (unpaired) electrons. The van der Waals surface area contributed by atoms with Crippen LogP contribution < -0.4 is 0 Å².